The fourth-order valence-corrected chi connectivity index (χ4v) is 4.10. The smallest absolute Gasteiger partial charge is 0.233 e. The number of nitrogens with zero attached hydrogens (tertiary/aromatic N) is 5. The first-order valence-electron chi connectivity index (χ1n) is 10.0. The van der Waals surface area contributed by atoms with Crippen molar-refractivity contribution in [1.82, 2.24) is 19.7 Å². The number of hydrogen-bond donors (Lipinski definition) is 0. The summed E-state index contributed by atoms with van der Waals surface area (Å²) >= 11 is 1.30. The molecule has 0 atom stereocenters. The van der Waals surface area contributed by atoms with Crippen molar-refractivity contribution < 1.29 is 13.6 Å². The van der Waals surface area contributed by atoms with Crippen LogP contribution in [0.3, 0.4) is 0 Å². The Balaban J connectivity index is 1.57. The van der Waals surface area contributed by atoms with Gasteiger partial charge in [-0.2, -0.15) is 5.26 Å². The predicted octanol–water partition coefficient (Wildman–Crippen LogP) is 4.46. The van der Waals surface area contributed by atoms with Gasteiger partial charge in [-0.15, -0.1) is 10.2 Å². The molecule has 0 saturated carbocycles. The van der Waals surface area contributed by atoms with Crippen molar-refractivity contribution >= 4 is 17.7 Å². The summed E-state index contributed by atoms with van der Waals surface area (Å²) < 4.78 is 12.7. The van der Waals surface area contributed by atoms with Crippen LogP contribution in [0.5, 0.6) is 0 Å². The quantitative estimate of drug-likeness (QED) is 0.349. The number of rotatable bonds is 9. The van der Waals surface area contributed by atoms with E-state index in [1.807, 2.05) is 54.0 Å². The zero-order valence-corrected chi connectivity index (χ0v) is 18.3. The van der Waals surface area contributed by atoms with Crippen molar-refractivity contribution in [2.24, 2.45) is 0 Å². The second-order valence-corrected chi connectivity index (χ2v) is 7.90. The number of furan rings is 2. The van der Waals surface area contributed by atoms with Crippen LogP contribution in [0, 0.1) is 18.3 Å². The monoisotopic (exact) mass is 447 g/mol. The average Bonchev–Trinajstić information content (AvgIpc) is 3.56. The van der Waals surface area contributed by atoms with E-state index in [1.165, 1.54) is 11.8 Å². The van der Waals surface area contributed by atoms with Crippen molar-refractivity contribution in [2.45, 2.75) is 25.0 Å². The van der Waals surface area contributed by atoms with Crippen LogP contribution in [0.2, 0.25) is 0 Å². The molecule has 8 nitrogen and oxygen atoms in total. The minimum Gasteiger partial charge on any atom is -0.469 e. The lowest BCUT2D eigenvalue weighted by Crippen LogP contribution is -2.32. The molecule has 0 aliphatic heterocycles. The zero-order valence-electron chi connectivity index (χ0n) is 17.5. The summed E-state index contributed by atoms with van der Waals surface area (Å²) in [6.07, 6.45) is 3.44. The number of carbonyl (C=O) groups is 1. The van der Waals surface area contributed by atoms with Gasteiger partial charge in [0.25, 0.3) is 0 Å². The van der Waals surface area contributed by atoms with Gasteiger partial charge in [-0.1, -0.05) is 30.0 Å². The largest absolute Gasteiger partial charge is 0.469 e. The third kappa shape index (κ3) is 4.76. The van der Waals surface area contributed by atoms with Crippen molar-refractivity contribution in [3.05, 3.63) is 72.6 Å². The molecule has 4 aromatic rings. The van der Waals surface area contributed by atoms with Crippen molar-refractivity contribution in [3.8, 4) is 23.1 Å². The van der Waals surface area contributed by atoms with Crippen molar-refractivity contribution in [1.29, 1.82) is 5.26 Å². The van der Waals surface area contributed by atoms with Gasteiger partial charge in [0.05, 0.1) is 42.9 Å². The predicted molar refractivity (Wildman–Crippen MR) is 119 cm³/mol. The summed E-state index contributed by atoms with van der Waals surface area (Å²) in [6, 6.07) is 17.3. The van der Waals surface area contributed by atoms with Gasteiger partial charge >= 0.3 is 0 Å². The van der Waals surface area contributed by atoms with E-state index in [9.17, 15) is 4.79 Å². The lowest BCUT2D eigenvalue weighted by Gasteiger charge is -2.20. The first-order valence-corrected chi connectivity index (χ1v) is 11.0. The Morgan fingerprint density at radius 1 is 1.12 bits per heavy atom. The Morgan fingerprint density at radius 2 is 1.97 bits per heavy atom. The molecule has 0 saturated heterocycles. The number of benzene rings is 1. The molecule has 0 aliphatic carbocycles. The van der Waals surface area contributed by atoms with Crippen molar-refractivity contribution in [3.63, 3.8) is 0 Å². The maximum absolute atomic E-state index is 13.0. The maximum Gasteiger partial charge on any atom is 0.233 e. The second kappa shape index (κ2) is 10.0. The first-order chi connectivity index (χ1) is 15.7. The molecule has 9 heteroatoms. The number of hydrogen-bond acceptors (Lipinski definition) is 7. The molecule has 0 fully saturated rings. The summed E-state index contributed by atoms with van der Waals surface area (Å²) in [5, 5.41) is 18.3. The summed E-state index contributed by atoms with van der Waals surface area (Å²) in [6.45, 7) is 2.53. The topological polar surface area (TPSA) is 101 Å². The van der Waals surface area contributed by atoms with Gasteiger partial charge in [0.2, 0.25) is 5.91 Å². The summed E-state index contributed by atoms with van der Waals surface area (Å²) in [7, 11) is 0. The highest BCUT2D eigenvalue weighted by Crippen LogP contribution is 2.30. The molecule has 32 heavy (non-hydrogen) atoms. The molecule has 0 radical (unpaired) electrons. The van der Waals surface area contributed by atoms with E-state index in [2.05, 4.69) is 16.3 Å². The number of amides is 1. The summed E-state index contributed by atoms with van der Waals surface area (Å²) in [4.78, 5) is 14.6. The number of aromatic nitrogens is 3. The first kappa shape index (κ1) is 21.5. The van der Waals surface area contributed by atoms with Crippen LogP contribution in [0.1, 0.15) is 17.9 Å². The minimum atomic E-state index is -0.106. The van der Waals surface area contributed by atoms with Gasteiger partial charge in [-0.25, -0.2) is 0 Å². The Kier molecular flexibility index (Phi) is 6.72. The molecule has 0 spiro atoms. The lowest BCUT2D eigenvalue weighted by atomic mass is 10.2. The number of nitriles is 1. The molecular formula is C23H21N5O3S. The molecule has 0 bridgehead atoms. The summed E-state index contributed by atoms with van der Waals surface area (Å²) in [5.74, 6) is 2.11. The van der Waals surface area contributed by atoms with E-state index in [0.717, 1.165) is 17.0 Å². The maximum atomic E-state index is 13.0. The highest BCUT2D eigenvalue weighted by molar-refractivity contribution is 7.99. The van der Waals surface area contributed by atoms with Crippen LogP contribution in [0.15, 0.2) is 75.0 Å². The standard InChI is InChI=1S/C23H21N5O3S/c1-17-20(10-14-30-17)22-25-26-23(28(22)18-7-3-2-4-8-18)32-16-21(29)27(12-6-11-24)15-19-9-5-13-31-19/h2-5,7-10,13-14H,6,12,15-16H2,1H3. The van der Waals surface area contributed by atoms with Gasteiger partial charge in [0, 0.05) is 12.2 Å². The van der Waals surface area contributed by atoms with Crippen LogP contribution in [0.25, 0.3) is 17.1 Å². The summed E-state index contributed by atoms with van der Waals surface area (Å²) in [5.41, 5.74) is 1.73. The molecule has 1 aromatic carbocycles. The minimum absolute atomic E-state index is 0.106. The highest BCUT2D eigenvalue weighted by atomic mass is 32.2. The fraction of sp³-hybridized carbons (Fsp3) is 0.217. The molecule has 3 heterocycles. The second-order valence-electron chi connectivity index (χ2n) is 6.96. The van der Waals surface area contributed by atoms with E-state index in [4.69, 9.17) is 14.1 Å². The van der Waals surface area contributed by atoms with Crippen molar-refractivity contribution in [2.75, 3.05) is 12.3 Å². The van der Waals surface area contributed by atoms with Crippen LogP contribution in [0.4, 0.5) is 0 Å². The zero-order chi connectivity index (χ0) is 22.3. The molecule has 4 rings (SSSR count). The molecule has 3 aromatic heterocycles. The normalized spacial score (nSPS) is 10.8. The number of thioether (sulfide) groups is 1. The molecule has 0 unspecified atom stereocenters. The average molecular weight is 448 g/mol. The van der Waals surface area contributed by atoms with E-state index >= 15 is 0 Å². The Labute approximate surface area is 189 Å². The number of carbonyl (C=O) groups excluding carboxylic acids is 1. The van der Waals surface area contributed by atoms with E-state index in [0.29, 0.717) is 29.8 Å². The lowest BCUT2D eigenvalue weighted by molar-refractivity contribution is -0.129. The number of para-hydroxylation sites is 1. The van der Waals surface area contributed by atoms with Gasteiger partial charge in [-0.05, 0) is 37.3 Å². The van der Waals surface area contributed by atoms with Crippen LogP contribution >= 0.6 is 11.8 Å². The van der Waals surface area contributed by atoms with Gasteiger partial charge in [0.1, 0.15) is 11.5 Å². The van der Waals surface area contributed by atoms with Crippen LogP contribution in [-0.4, -0.2) is 37.9 Å². The van der Waals surface area contributed by atoms with Gasteiger partial charge in [-0.3, -0.25) is 9.36 Å². The van der Waals surface area contributed by atoms with Gasteiger partial charge in [0.15, 0.2) is 11.0 Å². The fourth-order valence-electron chi connectivity index (χ4n) is 3.25. The van der Waals surface area contributed by atoms with Crippen LogP contribution < -0.4 is 0 Å². The third-order valence-electron chi connectivity index (χ3n) is 4.85. The van der Waals surface area contributed by atoms with Crippen LogP contribution in [-0.2, 0) is 11.3 Å². The van der Waals surface area contributed by atoms with E-state index in [1.54, 1.807) is 23.5 Å². The molecule has 0 N–H and O–H groups in total. The Hall–Kier alpha value is -3.77. The SMILES string of the molecule is Cc1occc1-c1nnc(SCC(=O)N(CCC#N)Cc2ccco2)n1-c1ccccc1. The van der Waals surface area contributed by atoms with E-state index in [-0.39, 0.29) is 18.1 Å². The third-order valence-corrected chi connectivity index (χ3v) is 5.76. The molecule has 0 aliphatic rings. The number of aryl methyl sites for hydroxylation is 1. The Bertz CT molecular complexity index is 1210. The van der Waals surface area contributed by atoms with Gasteiger partial charge < -0.3 is 13.7 Å². The molecular weight excluding hydrogens is 426 g/mol. The molecule has 162 valence electrons. The highest BCUT2D eigenvalue weighted by Gasteiger charge is 2.21. The molecule has 1 amide bonds. The Morgan fingerprint density at radius 3 is 2.66 bits per heavy atom. The van der Waals surface area contributed by atoms with E-state index < -0.39 is 0 Å².